The standard InChI is InChI=1S/C21H21N3O3/c25-19-10-11-20(26)24(23-19)18-8-6-16(7-9-18)21(27)22-13-14-4-5-15-2-1-3-17(15)12-14/h4-9,12H,1-3,10-11,13H2,(H,22,27)(H,23,25). The van der Waals surface area contributed by atoms with Crippen molar-refractivity contribution >= 4 is 23.4 Å². The van der Waals surface area contributed by atoms with E-state index < -0.39 is 0 Å². The van der Waals surface area contributed by atoms with Gasteiger partial charge in [-0.05, 0) is 60.2 Å². The third-order valence-electron chi connectivity index (χ3n) is 5.06. The molecule has 1 aliphatic carbocycles. The Morgan fingerprint density at radius 2 is 1.74 bits per heavy atom. The molecule has 2 aliphatic rings. The Kier molecular flexibility index (Phi) is 4.62. The third-order valence-corrected chi connectivity index (χ3v) is 5.06. The summed E-state index contributed by atoms with van der Waals surface area (Å²) in [5, 5.41) is 4.17. The number of anilines is 1. The van der Waals surface area contributed by atoms with Crippen molar-refractivity contribution < 1.29 is 14.4 Å². The largest absolute Gasteiger partial charge is 0.348 e. The van der Waals surface area contributed by atoms with Gasteiger partial charge >= 0.3 is 0 Å². The number of benzene rings is 2. The number of amides is 3. The lowest BCUT2D eigenvalue weighted by molar-refractivity contribution is -0.130. The molecule has 3 amide bonds. The minimum absolute atomic E-state index is 0.164. The third kappa shape index (κ3) is 3.69. The molecular formula is C21H21N3O3. The average molecular weight is 363 g/mol. The molecule has 1 heterocycles. The molecule has 6 nitrogen and oxygen atoms in total. The minimum atomic E-state index is -0.189. The Balaban J connectivity index is 1.39. The summed E-state index contributed by atoms with van der Waals surface area (Å²) < 4.78 is 0. The number of hydrogen-bond acceptors (Lipinski definition) is 3. The van der Waals surface area contributed by atoms with Gasteiger partial charge in [0.1, 0.15) is 0 Å². The summed E-state index contributed by atoms with van der Waals surface area (Å²) in [4.78, 5) is 35.8. The van der Waals surface area contributed by atoms with E-state index in [-0.39, 0.29) is 30.6 Å². The summed E-state index contributed by atoms with van der Waals surface area (Å²) in [5.74, 6) is -0.523. The van der Waals surface area contributed by atoms with Gasteiger partial charge < -0.3 is 5.32 Å². The Bertz CT molecular complexity index is 905. The van der Waals surface area contributed by atoms with Crippen LogP contribution in [0.15, 0.2) is 42.5 Å². The molecule has 6 heteroatoms. The molecule has 1 saturated heterocycles. The number of carbonyl (C=O) groups excluding carboxylic acids is 3. The van der Waals surface area contributed by atoms with Crippen molar-refractivity contribution in [1.29, 1.82) is 0 Å². The van der Waals surface area contributed by atoms with Crippen molar-refractivity contribution in [3.05, 3.63) is 64.7 Å². The van der Waals surface area contributed by atoms with Gasteiger partial charge in [0, 0.05) is 24.9 Å². The number of rotatable bonds is 4. The fourth-order valence-corrected chi connectivity index (χ4v) is 3.57. The van der Waals surface area contributed by atoms with Crippen molar-refractivity contribution in [1.82, 2.24) is 10.7 Å². The van der Waals surface area contributed by atoms with Crippen LogP contribution in [-0.4, -0.2) is 17.7 Å². The van der Waals surface area contributed by atoms with Crippen LogP contribution in [0.5, 0.6) is 0 Å². The summed E-state index contributed by atoms with van der Waals surface area (Å²) in [6.45, 7) is 0.481. The predicted octanol–water partition coefficient (Wildman–Crippen LogP) is 2.26. The highest BCUT2D eigenvalue weighted by atomic mass is 16.2. The van der Waals surface area contributed by atoms with E-state index in [1.807, 2.05) is 0 Å². The maximum absolute atomic E-state index is 12.4. The van der Waals surface area contributed by atoms with Crippen molar-refractivity contribution in [3.8, 4) is 0 Å². The Hall–Kier alpha value is -3.15. The summed E-state index contributed by atoms with van der Waals surface area (Å²) >= 11 is 0. The number of aryl methyl sites for hydroxylation is 2. The minimum Gasteiger partial charge on any atom is -0.348 e. The van der Waals surface area contributed by atoms with Crippen LogP contribution in [-0.2, 0) is 29.0 Å². The Labute approximate surface area is 157 Å². The maximum Gasteiger partial charge on any atom is 0.251 e. The number of hydrazine groups is 1. The molecular weight excluding hydrogens is 342 g/mol. The zero-order chi connectivity index (χ0) is 18.8. The fourth-order valence-electron chi connectivity index (χ4n) is 3.57. The van der Waals surface area contributed by atoms with Crippen molar-refractivity contribution in [2.45, 2.75) is 38.6 Å². The van der Waals surface area contributed by atoms with Crippen LogP contribution in [0.25, 0.3) is 0 Å². The molecule has 0 saturated carbocycles. The molecule has 0 bridgehead atoms. The Morgan fingerprint density at radius 3 is 2.56 bits per heavy atom. The quantitative estimate of drug-likeness (QED) is 0.875. The highest BCUT2D eigenvalue weighted by molar-refractivity contribution is 6.01. The fraction of sp³-hybridized carbons (Fsp3) is 0.286. The van der Waals surface area contributed by atoms with Gasteiger partial charge in [-0.3, -0.25) is 19.8 Å². The van der Waals surface area contributed by atoms with Crippen LogP contribution in [0, 0.1) is 0 Å². The van der Waals surface area contributed by atoms with E-state index in [9.17, 15) is 14.4 Å². The molecule has 0 radical (unpaired) electrons. The lowest BCUT2D eigenvalue weighted by Crippen LogP contribution is -2.50. The highest BCUT2D eigenvalue weighted by Crippen LogP contribution is 2.23. The van der Waals surface area contributed by atoms with E-state index in [4.69, 9.17) is 0 Å². The summed E-state index contributed by atoms with van der Waals surface area (Å²) in [7, 11) is 0. The zero-order valence-electron chi connectivity index (χ0n) is 15.0. The highest BCUT2D eigenvalue weighted by Gasteiger charge is 2.24. The molecule has 1 fully saturated rings. The smallest absolute Gasteiger partial charge is 0.251 e. The van der Waals surface area contributed by atoms with Gasteiger partial charge in [-0.2, -0.15) is 0 Å². The second-order valence-electron chi connectivity index (χ2n) is 6.95. The van der Waals surface area contributed by atoms with Crippen LogP contribution in [0.3, 0.4) is 0 Å². The van der Waals surface area contributed by atoms with E-state index in [1.165, 1.54) is 22.6 Å². The lowest BCUT2D eigenvalue weighted by atomic mass is 10.1. The number of nitrogens with one attached hydrogen (secondary N) is 2. The number of carbonyl (C=O) groups is 3. The van der Waals surface area contributed by atoms with Crippen LogP contribution in [0.1, 0.15) is 46.3 Å². The van der Waals surface area contributed by atoms with Crippen molar-refractivity contribution in [3.63, 3.8) is 0 Å². The number of hydrogen-bond donors (Lipinski definition) is 2. The first-order valence-corrected chi connectivity index (χ1v) is 9.21. The second kappa shape index (κ2) is 7.23. The molecule has 0 spiro atoms. The molecule has 0 unspecified atom stereocenters. The molecule has 1 aliphatic heterocycles. The molecule has 2 aromatic rings. The molecule has 27 heavy (non-hydrogen) atoms. The van der Waals surface area contributed by atoms with E-state index in [0.717, 1.165) is 18.4 Å². The number of nitrogens with zero attached hydrogens (tertiary/aromatic N) is 1. The van der Waals surface area contributed by atoms with Gasteiger partial charge in [0.25, 0.3) is 5.91 Å². The first-order chi connectivity index (χ1) is 13.1. The van der Waals surface area contributed by atoms with Crippen LogP contribution in [0.4, 0.5) is 5.69 Å². The summed E-state index contributed by atoms with van der Waals surface area (Å²) in [5.41, 5.74) is 7.50. The van der Waals surface area contributed by atoms with Gasteiger partial charge in [-0.1, -0.05) is 18.2 Å². The zero-order valence-corrected chi connectivity index (χ0v) is 15.0. The topological polar surface area (TPSA) is 78.5 Å². The lowest BCUT2D eigenvalue weighted by Gasteiger charge is -2.27. The van der Waals surface area contributed by atoms with Gasteiger partial charge in [-0.25, -0.2) is 5.01 Å². The van der Waals surface area contributed by atoms with Crippen LogP contribution < -0.4 is 15.8 Å². The predicted molar refractivity (Wildman–Crippen MR) is 101 cm³/mol. The van der Waals surface area contributed by atoms with E-state index in [1.54, 1.807) is 24.3 Å². The summed E-state index contributed by atoms with van der Waals surface area (Å²) in [6.07, 6.45) is 3.86. The molecule has 2 aromatic carbocycles. The molecule has 0 atom stereocenters. The van der Waals surface area contributed by atoms with Crippen LogP contribution in [0.2, 0.25) is 0 Å². The first-order valence-electron chi connectivity index (χ1n) is 9.21. The van der Waals surface area contributed by atoms with Crippen molar-refractivity contribution in [2.75, 3.05) is 5.01 Å². The maximum atomic E-state index is 12.4. The molecule has 0 aromatic heterocycles. The molecule has 138 valence electrons. The Morgan fingerprint density at radius 1 is 0.963 bits per heavy atom. The normalized spacial score (nSPS) is 16.1. The summed E-state index contributed by atoms with van der Waals surface area (Å²) in [6, 6.07) is 13.0. The van der Waals surface area contributed by atoms with Crippen molar-refractivity contribution in [2.24, 2.45) is 0 Å². The van der Waals surface area contributed by atoms with E-state index >= 15 is 0 Å². The second-order valence-corrected chi connectivity index (χ2v) is 6.95. The average Bonchev–Trinajstić information content (AvgIpc) is 3.16. The van der Waals surface area contributed by atoms with Gasteiger partial charge in [0.05, 0.1) is 5.69 Å². The van der Waals surface area contributed by atoms with Gasteiger partial charge in [0.15, 0.2) is 0 Å². The molecule has 4 rings (SSSR count). The monoisotopic (exact) mass is 363 g/mol. The van der Waals surface area contributed by atoms with Gasteiger partial charge in [0.2, 0.25) is 11.8 Å². The SMILES string of the molecule is O=C1CCC(=O)N(c2ccc(C(=O)NCc3ccc4c(c3)CCC4)cc2)N1. The molecule has 2 N–H and O–H groups in total. The van der Waals surface area contributed by atoms with Crippen LogP contribution >= 0.6 is 0 Å². The van der Waals surface area contributed by atoms with Gasteiger partial charge in [-0.15, -0.1) is 0 Å². The first kappa shape index (κ1) is 17.3. The van der Waals surface area contributed by atoms with E-state index in [2.05, 4.69) is 28.9 Å². The van der Waals surface area contributed by atoms with E-state index in [0.29, 0.717) is 17.8 Å². The number of fused-ring (bicyclic) bond motifs is 1.